The molecule has 0 spiro atoms. The third-order valence-electron chi connectivity index (χ3n) is 2.79. The fourth-order valence-electron chi connectivity index (χ4n) is 1.57. The molecule has 1 unspecified atom stereocenters. The van der Waals surface area contributed by atoms with Crippen LogP contribution in [0.2, 0.25) is 0 Å². The number of aryl methyl sites for hydroxylation is 2. The molecule has 0 N–H and O–H groups in total. The Morgan fingerprint density at radius 2 is 2.00 bits per heavy atom. The lowest BCUT2D eigenvalue weighted by Crippen LogP contribution is -2.13. The number of hydrogen-bond donors (Lipinski definition) is 0. The smallest absolute Gasteiger partial charge is 0.0684 e. The number of benzene rings is 1. The molecular formula is C14H19NOS. The van der Waals surface area contributed by atoms with Gasteiger partial charge in [-0.05, 0) is 45.7 Å². The largest absolute Gasteiger partial charge is 0.254 e. The van der Waals surface area contributed by atoms with Gasteiger partial charge in [-0.3, -0.25) is 4.21 Å². The highest BCUT2D eigenvalue weighted by Gasteiger charge is 2.18. The first kappa shape index (κ1) is 13.9. The lowest BCUT2D eigenvalue weighted by molar-refractivity contribution is 0.479. The van der Waals surface area contributed by atoms with E-state index in [4.69, 9.17) is 5.26 Å². The minimum atomic E-state index is -1.00. The molecule has 0 aromatic heterocycles. The van der Waals surface area contributed by atoms with Crippen LogP contribution in [0.25, 0.3) is 0 Å². The van der Waals surface area contributed by atoms with Crippen molar-refractivity contribution in [1.82, 2.24) is 0 Å². The summed E-state index contributed by atoms with van der Waals surface area (Å²) >= 11 is 0. The molecule has 0 aliphatic heterocycles. The topological polar surface area (TPSA) is 40.9 Å². The van der Waals surface area contributed by atoms with E-state index in [0.29, 0.717) is 12.2 Å². The summed E-state index contributed by atoms with van der Waals surface area (Å²) < 4.78 is 12.1. The number of nitrogens with zero attached hydrogens (tertiary/aromatic N) is 1. The van der Waals surface area contributed by atoms with Crippen molar-refractivity contribution < 1.29 is 4.21 Å². The predicted octanol–water partition coefficient (Wildman–Crippen LogP) is 3.35. The SMILES string of the molecule is Cc1ccc(S(=O)CCC(C)(C)C#N)c(C)c1. The van der Waals surface area contributed by atoms with Crippen LogP contribution in [-0.4, -0.2) is 9.96 Å². The van der Waals surface area contributed by atoms with Gasteiger partial charge in [-0.2, -0.15) is 5.26 Å². The fraction of sp³-hybridized carbons (Fsp3) is 0.500. The quantitative estimate of drug-likeness (QED) is 0.821. The van der Waals surface area contributed by atoms with Crippen LogP contribution in [0.4, 0.5) is 0 Å². The molecule has 1 aromatic carbocycles. The van der Waals surface area contributed by atoms with E-state index in [9.17, 15) is 4.21 Å². The average Bonchev–Trinajstić information content (AvgIpc) is 2.26. The first-order chi connectivity index (χ1) is 7.85. The average molecular weight is 249 g/mol. The highest BCUT2D eigenvalue weighted by atomic mass is 32.2. The predicted molar refractivity (Wildman–Crippen MR) is 71.2 cm³/mol. The lowest BCUT2D eigenvalue weighted by atomic mass is 9.93. The maximum Gasteiger partial charge on any atom is 0.0684 e. The molecule has 1 atom stereocenters. The Morgan fingerprint density at radius 1 is 1.35 bits per heavy atom. The van der Waals surface area contributed by atoms with E-state index in [0.717, 1.165) is 10.5 Å². The highest BCUT2D eigenvalue weighted by molar-refractivity contribution is 7.85. The van der Waals surface area contributed by atoms with E-state index in [-0.39, 0.29) is 0 Å². The van der Waals surface area contributed by atoms with Crippen molar-refractivity contribution >= 4 is 10.8 Å². The van der Waals surface area contributed by atoms with E-state index in [1.54, 1.807) is 0 Å². The third kappa shape index (κ3) is 3.98. The standard InChI is InChI=1S/C14H19NOS/c1-11-5-6-13(12(2)9-11)17(16)8-7-14(3,4)10-15/h5-6,9H,7-8H2,1-4H3. The molecule has 0 bridgehead atoms. The zero-order chi connectivity index (χ0) is 13.1. The Morgan fingerprint density at radius 3 is 2.53 bits per heavy atom. The van der Waals surface area contributed by atoms with Gasteiger partial charge in [0.25, 0.3) is 0 Å². The molecule has 0 amide bonds. The molecule has 0 aliphatic rings. The number of nitriles is 1. The summed E-state index contributed by atoms with van der Waals surface area (Å²) in [5, 5.41) is 8.92. The minimum absolute atomic E-state index is 0.395. The Bertz CT molecular complexity index is 472. The summed E-state index contributed by atoms with van der Waals surface area (Å²) in [5.41, 5.74) is 1.85. The van der Waals surface area contributed by atoms with E-state index >= 15 is 0 Å². The molecule has 0 radical (unpaired) electrons. The fourth-order valence-corrected chi connectivity index (χ4v) is 3.12. The summed E-state index contributed by atoms with van der Waals surface area (Å²) in [6, 6.07) is 8.19. The van der Waals surface area contributed by atoms with Gasteiger partial charge in [0.2, 0.25) is 0 Å². The normalized spacial score (nSPS) is 13.1. The van der Waals surface area contributed by atoms with Gasteiger partial charge in [0, 0.05) is 10.6 Å². The molecule has 0 aliphatic carbocycles. The Hall–Kier alpha value is -1.14. The number of rotatable bonds is 4. The van der Waals surface area contributed by atoms with Gasteiger partial charge in [-0.1, -0.05) is 17.7 Å². The second kappa shape index (κ2) is 5.46. The van der Waals surface area contributed by atoms with E-state index in [1.165, 1.54) is 5.56 Å². The molecule has 2 nitrogen and oxygen atoms in total. The molecule has 92 valence electrons. The van der Waals surface area contributed by atoms with Gasteiger partial charge < -0.3 is 0 Å². The van der Waals surface area contributed by atoms with Crippen LogP contribution in [0, 0.1) is 30.6 Å². The highest BCUT2D eigenvalue weighted by Crippen LogP contribution is 2.22. The summed E-state index contributed by atoms with van der Waals surface area (Å²) in [5.74, 6) is 0.546. The Balaban J connectivity index is 2.75. The maximum atomic E-state index is 12.1. The van der Waals surface area contributed by atoms with Crippen LogP contribution in [0.1, 0.15) is 31.4 Å². The van der Waals surface area contributed by atoms with Crippen LogP contribution in [0.3, 0.4) is 0 Å². The van der Waals surface area contributed by atoms with Crippen molar-refractivity contribution in [3.05, 3.63) is 29.3 Å². The lowest BCUT2D eigenvalue weighted by Gasteiger charge is -2.14. The third-order valence-corrected chi connectivity index (χ3v) is 4.31. The summed E-state index contributed by atoms with van der Waals surface area (Å²) in [6.07, 6.45) is 0.656. The van der Waals surface area contributed by atoms with Gasteiger partial charge in [-0.25, -0.2) is 0 Å². The summed E-state index contributed by atoms with van der Waals surface area (Å²) in [7, 11) is -1.00. The van der Waals surface area contributed by atoms with Gasteiger partial charge >= 0.3 is 0 Å². The van der Waals surface area contributed by atoms with Crippen molar-refractivity contribution in [3.8, 4) is 6.07 Å². The summed E-state index contributed by atoms with van der Waals surface area (Å²) in [6.45, 7) is 7.77. The zero-order valence-corrected chi connectivity index (χ0v) is 11.7. The van der Waals surface area contributed by atoms with Crippen molar-refractivity contribution in [3.63, 3.8) is 0 Å². The van der Waals surface area contributed by atoms with Crippen molar-refractivity contribution in [2.24, 2.45) is 5.41 Å². The minimum Gasteiger partial charge on any atom is -0.254 e. The molecule has 0 heterocycles. The molecular weight excluding hydrogens is 230 g/mol. The van der Waals surface area contributed by atoms with Crippen molar-refractivity contribution in [2.45, 2.75) is 39.0 Å². The molecule has 0 saturated carbocycles. The van der Waals surface area contributed by atoms with E-state index in [1.807, 2.05) is 45.9 Å². The van der Waals surface area contributed by atoms with Crippen LogP contribution in [-0.2, 0) is 10.8 Å². The summed E-state index contributed by atoms with van der Waals surface area (Å²) in [4.78, 5) is 0.893. The maximum absolute atomic E-state index is 12.1. The second-order valence-electron chi connectivity index (χ2n) is 5.06. The zero-order valence-electron chi connectivity index (χ0n) is 10.9. The first-order valence-corrected chi connectivity index (χ1v) is 7.04. The number of hydrogen-bond acceptors (Lipinski definition) is 2. The van der Waals surface area contributed by atoms with Crippen LogP contribution in [0.5, 0.6) is 0 Å². The van der Waals surface area contributed by atoms with Crippen LogP contribution >= 0.6 is 0 Å². The molecule has 0 saturated heterocycles. The molecule has 1 aromatic rings. The van der Waals surface area contributed by atoms with Gasteiger partial charge in [0.05, 0.1) is 22.3 Å². The molecule has 0 fully saturated rings. The second-order valence-corrected chi connectivity index (χ2v) is 6.60. The van der Waals surface area contributed by atoms with Crippen molar-refractivity contribution in [1.29, 1.82) is 5.26 Å². The molecule has 17 heavy (non-hydrogen) atoms. The van der Waals surface area contributed by atoms with E-state index < -0.39 is 16.2 Å². The Labute approximate surface area is 106 Å². The van der Waals surface area contributed by atoms with E-state index in [2.05, 4.69) is 6.07 Å². The molecule has 1 rings (SSSR count). The molecule has 3 heteroatoms. The van der Waals surface area contributed by atoms with Gasteiger partial charge in [-0.15, -0.1) is 0 Å². The van der Waals surface area contributed by atoms with Crippen LogP contribution in [0.15, 0.2) is 23.1 Å². The monoisotopic (exact) mass is 249 g/mol. The van der Waals surface area contributed by atoms with Crippen molar-refractivity contribution in [2.75, 3.05) is 5.75 Å². The Kier molecular flexibility index (Phi) is 4.47. The van der Waals surface area contributed by atoms with Gasteiger partial charge in [0.1, 0.15) is 0 Å². The first-order valence-electron chi connectivity index (χ1n) is 5.72. The van der Waals surface area contributed by atoms with Crippen LogP contribution < -0.4 is 0 Å². The van der Waals surface area contributed by atoms with Gasteiger partial charge in [0.15, 0.2) is 0 Å².